The van der Waals surface area contributed by atoms with E-state index in [9.17, 15) is 17.6 Å². The molecule has 0 rings (SSSR count). The molecule has 104 valence electrons. The monoisotopic (exact) mass is 290 g/mol. The molecule has 0 amide bonds. The van der Waals surface area contributed by atoms with Gasteiger partial charge in [-0.05, 0) is 24.9 Å². The second kappa shape index (κ2) is 12.6. The van der Waals surface area contributed by atoms with Gasteiger partial charge in [-0.25, -0.2) is 8.78 Å². The fourth-order valence-corrected chi connectivity index (χ4v) is 5.11. The Kier molecular flexibility index (Phi) is 12.7. The molecule has 2 unspecified atom stereocenters. The summed E-state index contributed by atoms with van der Waals surface area (Å²) in [6, 6.07) is 1.44. The van der Waals surface area contributed by atoms with Crippen molar-refractivity contribution in [3.05, 3.63) is 0 Å². The average molecular weight is 290 g/mol. The summed E-state index contributed by atoms with van der Waals surface area (Å²) in [7, 11) is -1.40. The van der Waals surface area contributed by atoms with Gasteiger partial charge in [-0.15, -0.1) is 0 Å². The lowest BCUT2D eigenvalue weighted by molar-refractivity contribution is 0.274. The van der Waals surface area contributed by atoms with Crippen LogP contribution in [-0.2, 0) is 4.12 Å². The summed E-state index contributed by atoms with van der Waals surface area (Å²) in [4.78, 5) is 0. The zero-order valence-corrected chi connectivity index (χ0v) is 13.0. The van der Waals surface area contributed by atoms with Gasteiger partial charge in [0.1, 0.15) is 31.9 Å². The third kappa shape index (κ3) is 12.4. The van der Waals surface area contributed by atoms with Crippen molar-refractivity contribution in [2.75, 3.05) is 13.3 Å². The van der Waals surface area contributed by atoms with Crippen molar-refractivity contribution in [3.8, 4) is 0 Å². The summed E-state index contributed by atoms with van der Waals surface area (Å²) in [5, 5.41) is 0. The molecule has 0 aromatic carbocycles. The highest BCUT2D eigenvalue weighted by atomic mass is 28.3. The van der Waals surface area contributed by atoms with Crippen LogP contribution in [0, 0.1) is 0 Å². The quantitative estimate of drug-likeness (QED) is 0.304. The molecule has 0 aromatic rings. The second-order valence-corrected chi connectivity index (χ2v) is 7.91. The van der Waals surface area contributed by atoms with E-state index in [-0.39, 0.29) is 12.8 Å². The number of hydrogen-bond acceptors (Lipinski definition) is 1. The van der Waals surface area contributed by atoms with Crippen molar-refractivity contribution in [1.82, 2.24) is 0 Å². The maximum absolute atomic E-state index is 12.8. The summed E-state index contributed by atoms with van der Waals surface area (Å²) in [6.45, 7) is -1.21. The van der Waals surface area contributed by atoms with Gasteiger partial charge < -0.3 is 4.12 Å². The lowest BCUT2D eigenvalue weighted by atomic mass is 10.2. The molecule has 0 aliphatic heterocycles. The first-order chi connectivity index (χ1) is 8.20. The Bertz CT molecular complexity index is 149. The van der Waals surface area contributed by atoms with Gasteiger partial charge in [-0.2, -0.15) is 0 Å². The van der Waals surface area contributed by atoms with Crippen LogP contribution in [0.3, 0.4) is 0 Å². The molecule has 0 heterocycles. The van der Waals surface area contributed by atoms with E-state index in [2.05, 4.69) is 0 Å². The van der Waals surface area contributed by atoms with Crippen molar-refractivity contribution >= 4 is 19.5 Å². The van der Waals surface area contributed by atoms with E-state index in [0.717, 1.165) is 12.1 Å². The van der Waals surface area contributed by atoms with Crippen LogP contribution in [0.2, 0.25) is 12.1 Å². The first kappa shape index (κ1) is 17.1. The Morgan fingerprint density at radius 3 is 1.53 bits per heavy atom. The molecule has 0 N–H and O–H groups in total. The molecule has 0 fully saturated rings. The Morgan fingerprint density at radius 2 is 1.18 bits per heavy atom. The smallest absolute Gasteiger partial charge is 0.146 e. The van der Waals surface area contributed by atoms with E-state index in [1.54, 1.807) is 0 Å². The lowest BCUT2D eigenvalue weighted by Gasteiger charge is -2.07. The molecular weight excluding hydrogens is 268 g/mol. The van der Waals surface area contributed by atoms with Crippen molar-refractivity contribution in [2.45, 2.75) is 50.1 Å². The van der Waals surface area contributed by atoms with Crippen LogP contribution in [0.15, 0.2) is 0 Å². The summed E-state index contributed by atoms with van der Waals surface area (Å²) in [5.41, 5.74) is 0. The third-order valence-corrected chi connectivity index (χ3v) is 6.16. The Labute approximate surface area is 105 Å². The van der Waals surface area contributed by atoms with Crippen LogP contribution in [-0.4, -0.2) is 45.2 Å². The van der Waals surface area contributed by atoms with Gasteiger partial charge in [-0.3, -0.25) is 8.78 Å². The first-order valence-electron chi connectivity index (χ1n) is 6.18. The number of halogens is 4. The molecule has 0 saturated heterocycles. The maximum atomic E-state index is 12.8. The van der Waals surface area contributed by atoms with Crippen LogP contribution in [0.25, 0.3) is 0 Å². The molecule has 7 heteroatoms. The van der Waals surface area contributed by atoms with Crippen molar-refractivity contribution in [3.63, 3.8) is 0 Å². The summed E-state index contributed by atoms with van der Waals surface area (Å²) >= 11 is 0. The van der Waals surface area contributed by atoms with Crippen LogP contribution < -0.4 is 0 Å². The summed E-state index contributed by atoms with van der Waals surface area (Å²) in [6.07, 6.45) is -1.34. The maximum Gasteiger partial charge on any atom is 0.146 e. The molecule has 1 nitrogen and oxygen atoms in total. The van der Waals surface area contributed by atoms with Crippen molar-refractivity contribution in [1.29, 1.82) is 0 Å². The van der Waals surface area contributed by atoms with E-state index in [1.807, 2.05) is 0 Å². The molecule has 0 radical (unpaired) electrons. The standard InChI is InChI=1S/C10H22F4OSi2/c11-5-1-9(13)3-7-16-15-17-8-4-10(14)2-6-12/h9-10H,1-8,16-17H2. The zero-order valence-electron chi connectivity index (χ0n) is 10.1. The first-order valence-corrected chi connectivity index (χ1v) is 9.34. The van der Waals surface area contributed by atoms with Crippen LogP contribution in [0.1, 0.15) is 25.7 Å². The molecule has 0 saturated carbocycles. The molecule has 0 bridgehead atoms. The van der Waals surface area contributed by atoms with Gasteiger partial charge in [0.25, 0.3) is 0 Å². The minimum absolute atomic E-state index is 0.0153. The normalized spacial score (nSPS) is 16.2. The van der Waals surface area contributed by atoms with E-state index in [0.29, 0.717) is 12.8 Å². The third-order valence-electron chi connectivity index (χ3n) is 2.46. The highest BCUT2D eigenvalue weighted by Crippen LogP contribution is 2.08. The van der Waals surface area contributed by atoms with Crippen molar-refractivity contribution in [2.24, 2.45) is 0 Å². The van der Waals surface area contributed by atoms with E-state index < -0.39 is 45.2 Å². The summed E-state index contributed by atoms with van der Waals surface area (Å²) < 4.78 is 54.6. The lowest BCUT2D eigenvalue weighted by Crippen LogP contribution is -2.09. The van der Waals surface area contributed by atoms with Gasteiger partial charge in [0.05, 0.1) is 13.3 Å². The number of alkyl halides is 4. The van der Waals surface area contributed by atoms with Gasteiger partial charge in [-0.1, -0.05) is 0 Å². The predicted molar refractivity (Wildman–Crippen MR) is 68.0 cm³/mol. The zero-order chi connectivity index (χ0) is 12.9. The molecule has 17 heavy (non-hydrogen) atoms. The molecule has 0 aromatic heterocycles. The Morgan fingerprint density at radius 1 is 0.765 bits per heavy atom. The Balaban J connectivity index is 3.13. The predicted octanol–water partition coefficient (Wildman–Crippen LogP) is 2.18. The fourth-order valence-electron chi connectivity index (χ4n) is 1.44. The van der Waals surface area contributed by atoms with E-state index in [1.165, 1.54) is 0 Å². The second-order valence-electron chi connectivity index (χ2n) is 4.05. The minimum atomic E-state index is -1.04. The minimum Gasteiger partial charge on any atom is -0.465 e. The topological polar surface area (TPSA) is 9.23 Å². The van der Waals surface area contributed by atoms with E-state index in [4.69, 9.17) is 4.12 Å². The highest BCUT2D eigenvalue weighted by molar-refractivity contribution is 6.42. The van der Waals surface area contributed by atoms with Crippen LogP contribution in [0.4, 0.5) is 17.6 Å². The van der Waals surface area contributed by atoms with Gasteiger partial charge in [0.2, 0.25) is 0 Å². The van der Waals surface area contributed by atoms with Gasteiger partial charge in [0.15, 0.2) is 0 Å². The van der Waals surface area contributed by atoms with Crippen molar-refractivity contribution < 1.29 is 21.7 Å². The van der Waals surface area contributed by atoms with Crippen LogP contribution >= 0.6 is 0 Å². The largest absolute Gasteiger partial charge is 0.465 e. The molecule has 0 spiro atoms. The van der Waals surface area contributed by atoms with Crippen LogP contribution in [0.5, 0.6) is 0 Å². The van der Waals surface area contributed by atoms with E-state index >= 15 is 0 Å². The highest BCUT2D eigenvalue weighted by Gasteiger charge is 2.07. The average Bonchev–Trinajstić information content (AvgIpc) is 2.28. The molecule has 0 aliphatic rings. The molecule has 2 atom stereocenters. The van der Waals surface area contributed by atoms with Gasteiger partial charge in [0, 0.05) is 12.8 Å². The molecular formula is C10H22F4OSi2. The SMILES string of the molecule is FCCC(F)CC[SiH2]O[SiH2]CCC(F)CCF. The number of rotatable bonds is 12. The summed E-state index contributed by atoms with van der Waals surface area (Å²) in [5.74, 6) is 0. The number of hydrogen-bond donors (Lipinski definition) is 0. The Hall–Kier alpha value is 0.114. The fraction of sp³-hybridized carbons (Fsp3) is 1.00. The van der Waals surface area contributed by atoms with Gasteiger partial charge >= 0.3 is 0 Å². The molecule has 0 aliphatic carbocycles.